The van der Waals surface area contributed by atoms with Gasteiger partial charge in [-0.3, -0.25) is 9.59 Å². The summed E-state index contributed by atoms with van der Waals surface area (Å²) in [6.45, 7) is 0. The Morgan fingerprint density at radius 2 is 1.43 bits per heavy atom. The van der Waals surface area contributed by atoms with Gasteiger partial charge in [0.2, 0.25) is 0 Å². The van der Waals surface area contributed by atoms with Crippen molar-refractivity contribution < 1.29 is 19.8 Å². The molecule has 0 fully saturated rings. The van der Waals surface area contributed by atoms with E-state index in [0.29, 0.717) is 0 Å². The average Bonchev–Trinajstić information content (AvgIpc) is 1.27. The first kappa shape index (κ1) is 6.16. The molecule has 0 saturated heterocycles. The van der Waals surface area contributed by atoms with Crippen LogP contribution in [-0.4, -0.2) is 30.9 Å². The fourth-order valence-corrected chi connectivity index (χ4v) is 0.274. The number of rotatable bonds is 2. The van der Waals surface area contributed by atoms with E-state index in [4.69, 9.17) is 10.2 Å². The highest BCUT2D eigenvalue weighted by Crippen LogP contribution is 1.65. The zero-order chi connectivity index (χ0) is 5.86. The van der Waals surface area contributed by atoms with E-state index in [1.165, 1.54) is 0 Å². The first-order valence-corrected chi connectivity index (χ1v) is 2.36. The Labute approximate surface area is 41.6 Å². The normalized spacial score (nSPS) is 8.00. The molecule has 7 heavy (non-hydrogen) atoms. The van der Waals surface area contributed by atoms with Crippen LogP contribution in [0.1, 0.15) is 0 Å². The fourth-order valence-electron chi connectivity index (χ4n) is 0.0915. The number of carboxylic acid groups (broad SMARTS) is 2. The van der Waals surface area contributed by atoms with Gasteiger partial charge in [-0.05, 0) is 0 Å². The second-order valence-electron chi connectivity index (χ2n) is 0.735. The van der Waals surface area contributed by atoms with Crippen LogP contribution in [0.25, 0.3) is 0 Å². The predicted molar refractivity (Wildman–Crippen MR) is 21.8 cm³/mol. The van der Waals surface area contributed by atoms with Crippen molar-refractivity contribution in [2.24, 2.45) is 0 Å². The first-order valence-electron chi connectivity index (χ1n) is 1.36. The van der Waals surface area contributed by atoms with Gasteiger partial charge >= 0.3 is 9.52 Å². The summed E-state index contributed by atoms with van der Waals surface area (Å²) in [4.78, 5) is 18.9. The molecule has 0 aromatic heterocycles. The summed E-state index contributed by atoms with van der Waals surface area (Å²) in [6.07, 6.45) is 0. The minimum atomic E-state index is -1.28. The second-order valence-corrected chi connectivity index (χ2v) is 1.84. The Bertz CT molecular complexity index is 85.9. The third-order valence-corrected chi connectivity index (χ3v) is 0.642. The molecule has 0 aromatic carbocycles. The predicted octanol–water partition coefficient (Wildman–Crippen LogP) is 0.0466. The van der Waals surface area contributed by atoms with Crippen LogP contribution in [0, 0.1) is 0 Å². The Kier molecular flexibility index (Phi) is 2.07. The molecular formula is C2H2O4Si. The van der Waals surface area contributed by atoms with Crippen molar-refractivity contribution in [3.63, 3.8) is 0 Å². The van der Waals surface area contributed by atoms with Crippen molar-refractivity contribution in [1.82, 2.24) is 0 Å². The van der Waals surface area contributed by atoms with Crippen molar-refractivity contribution >= 4 is 20.7 Å². The molecule has 2 N–H and O–H groups in total. The molecule has 2 radical (unpaired) electrons. The molecule has 0 saturated carbocycles. The van der Waals surface area contributed by atoms with E-state index in [-0.39, 0.29) is 0 Å². The van der Waals surface area contributed by atoms with Gasteiger partial charge in [-0.25, -0.2) is 0 Å². The quantitative estimate of drug-likeness (QED) is 0.502. The summed E-state index contributed by atoms with van der Waals surface area (Å²) in [7, 11) is -1.02. The van der Waals surface area contributed by atoms with Gasteiger partial charge in [0.25, 0.3) is 11.2 Å². The van der Waals surface area contributed by atoms with E-state index in [9.17, 15) is 9.59 Å². The van der Waals surface area contributed by atoms with Gasteiger partial charge < -0.3 is 10.2 Å². The van der Waals surface area contributed by atoms with Crippen LogP contribution in [0.3, 0.4) is 0 Å². The molecule has 0 unspecified atom stereocenters. The van der Waals surface area contributed by atoms with Gasteiger partial charge in [0.1, 0.15) is 0 Å². The van der Waals surface area contributed by atoms with Gasteiger partial charge in [0.15, 0.2) is 0 Å². The van der Waals surface area contributed by atoms with Gasteiger partial charge in [-0.2, -0.15) is 0 Å². The van der Waals surface area contributed by atoms with E-state index in [1.54, 1.807) is 0 Å². The monoisotopic (exact) mass is 118 g/mol. The molecule has 4 nitrogen and oxygen atoms in total. The lowest BCUT2D eigenvalue weighted by atomic mass is 11.6. The Morgan fingerprint density at radius 3 is 1.43 bits per heavy atom. The Balaban J connectivity index is 3.32. The van der Waals surface area contributed by atoms with Crippen molar-refractivity contribution in [1.29, 1.82) is 0 Å². The van der Waals surface area contributed by atoms with Crippen molar-refractivity contribution in [3.8, 4) is 0 Å². The zero-order valence-electron chi connectivity index (χ0n) is 3.21. The minimum absolute atomic E-state index is 1.02. The third-order valence-electron chi connectivity index (χ3n) is 0.214. The zero-order valence-corrected chi connectivity index (χ0v) is 4.21. The molecule has 0 aliphatic heterocycles. The lowest BCUT2D eigenvalue weighted by Gasteiger charge is -1.77. The molecule has 38 valence electrons. The van der Waals surface area contributed by atoms with Gasteiger partial charge in [-0.1, -0.05) is 0 Å². The van der Waals surface area contributed by atoms with Crippen LogP contribution >= 0.6 is 0 Å². The summed E-state index contributed by atoms with van der Waals surface area (Å²) in [5, 5.41) is 15.4. The van der Waals surface area contributed by atoms with Crippen LogP contribution in [0.2, 0.25) is 0 Å². The maximum Gasteiger partial charge on any atom is 0.340 e. The Morgan fingerprint density at radius 1 is 1.14 bits per heavy atom. The lowest BCUT2D eigenvalue weighted by Crippen LogP contribution is -2.14. The fraction of sp³-hybridized carbons (Fsp3) is 0. The summed E-state index contributed by atoms with van der Waals surface area (Å²) in [5.74, 6) is 0. The van der Waals surface area contributed by atoms with Crippen LogP contribution in [0.5, 0.6) is 0 Å². The van der Waals surface area contributed by atoms with Crippen LogP contribution in [0.4, 0.5) is 9.59 Å². The first-order chi connectivity index (χ1) is 3.13. The highest BCUT2D eigenvalue weighted by molar-refractivity contribution is 6.94. The summed E-state index contributed by atoms with van der Waals surface area (Å²) >= 11 is 0. The third kappa shape index (κ3) is 5.16. The molecule has 0 aromatic rings. The van der Waals surface area contributed by atoms with Crippen molar-refractivity contribution in [2.45, 2.75) is 0 Å². The van der Waals surface area contributed by atoms with Crippen LogP contribution in [0.15, 0.2) is 0 Å². The standard InChI is InChI=1S/C2H2O4Si/c3-1(4)7-2(5)6/h(H,3,4)(H,5,6). The molecule has 0 amide bonds. The van der Waals surface area contributed by atoms with Crippen molar-refractivity contribution in [2.75, 3.05) is 0 Å². The second kappa shape index (κ2) is 2.35. The smallest absolute Gasteiger partial charge is 0.340 e. The van der Waals surface area contributed by atoms with E-state index in [2.05, 4.69) is 0 Å². The van der Waals surface area contributed by atoms with E-state index >= 15 is 0 Å². The molecular weight excluding hydrogens is 116 g/mol. The number of carbonyl (C=O) groups is 2. The lowest BCUT2D eigenvalue weighted by molar-refractivity contribution is 0.213. The van der Waals surface area contributed by atoms with Crippen molar-refractivity contribution in [3.05, 3.63) is 0 Å². The number of hydrogen-bond donors (Lipinski definition) is 2. The molecule has 0 bridgehead atoms. The molecule has 0 spiro atoms. The number of hydrogen-bond acceptors (Lipinski definition) is 2. The minimum Gasteiger partial charge on any atom is -0.485 e. The Hall–Kier alpha value is -0.843. The van der Waals surface area contributed by atoms with E-state index < -0.39 is 20.7 Å². The van der Waals surface area contributed by atoms with E-state index in [0.717, 1.165) is 0 Å². The molecule has 5 heteroatoms. The SMILES string of the molecule is O=C(O)[Si]C(=O)O. The summed E-state index contributed by atoms with van der Waals surface area (Å²) in [5.41, 5.74) is -2.57. The average molecular weight is 118 g/mol. The summed E-state index contributed by atoms with van der Waals surface area (Å²) in [6, 6.07) is 0. The summed E-state index contributed by atoms with van der Waals surface area (Å²) < 4.78 is 0. The largest absolute Gasteiger partial charge is 0.485 e. The molecule has 0 heterocycles. The molecule has 0 atom stereocenters. The molecule has 0 aliphatic rings. The van der Waals surface area contributed by atoms with Gasteiger partial charge in [-0.15, -0.1) is 0 Å². The highest BCUT2D eigenvalue weighted by atomic mass is 28.2. The van der Waals surface area contributed by atoms with Crippen LogP contribution in [-0.2, 0) is 0 Å². The molecule has 0 aliphatic carbocycles. The topological polar surface area (TPSA) is 74.6 Å². The maximum atomic E-state index is 9.44. The highest BCUT2D eigenvalue weighted by Gasteiger charge is 2.06. The molecule has 0 rings (SSSR count). The maximum absolute atomic E-state index is 9.44. The van der Waals surface area contributed by atoms with Gasteiger partial charge in [0.05, 0.1) is 0 Å². The van der Waals surface area contributed by atoms with E-state index in [1.807, 2.05) is 0 Å². The van der Waals surface area contributed by atoms with Gasteiger partial charge in [0, 0.05) is 0 Å². The van der Waals surface area contributed by atoms with Crippen LogP contribution < -0.4 is 0 Å².